The fourth-order valence-corrected chi connectivity index (χ4v) is 6.01. The molecule has 0 amide bonds. The summed E-state index contributed by atoms with van der Waals surface area (Å²) >= 11 is 0. The van der Waals surface area contributed by atoms with Crippen LogP contribution >= 0.6 is 0 Å². The van der Waals surface area contributed by atoms with Gasteiger partial charge in [0.25, 0.3) is 0 Å². The van der Waals surface area contributed by atoms with Crippen molar-refractivity contribution in [1.82, 2.24) is 10.3 Å². The third-order valence-electron chi connectivity index (χ3n) is 5.82. The number of nitrogens with zero attached hydrogens (tertiary/aromatic N) is 3. The molecular weight excluding hydrogens is 398 g/mol. The highest BCUT2D eigenvalue weighted by molar-refractivity contribution is 7.92. The number of aliphatic imine (C=N–C) groups is 1. The van der Waals surface area contributed by atoms with Gasteiger partial charge in [0, 0.05) is 18.1 Å². The predicted molar refractivity (Wildman–Crippen MR) is 117 cm³/mol. The summed E-state index contributed by atoms with van der Waals surface area (Å²) < 4.78 is 26.2. The average Bonchev–Trinajstić information content (AvgIpc) is 2.75. The van der Waals surface area contributed by atoms with Crippen LogP contribution in [0.2, 0.25) is 0 Å². The molecule has 158 valence electrons. The van der Waals surface area contributed by atoms with Gasteiger partial charge in [-0.15, -0.1) is 0 Å². The van der Waals surface area contributed by atoms with Crippen molar-refractivity contribution in [3.05, 3.63) is 54.4 Å². The molecule has 1 aromatic heterocycles. The van der Waals surface area contributed by atoms with E-state index < -0.39 is 9.84 Å². The molecule has 3 rings (SSSR count). The number of aromatic nitrogens is 1. The molecule has 1 aliphatic rings. The number of benzene rings is 1. The van der Waals surface area contributed by atoms with Crippen LogP contribution in [0.5, 0.6) is 0 Å². The third kappa shape index (κ3) is 5.16. The summed E-state index contributed by atoms with van der Waals surface area (Å²) in [6.45, 7) is 4.49. The Morgan fingerprint density at radius 3 is 2.53 bits per heavy atom. The normalized spacial score (nSPS) is 22.2. The zero-order valence-electron chi connectivity index (χ0n) is 17.2. The van der Waals surface area contributed by atoms with E-state index in [4.69, 9.17) is 5.26 Å². The molecule has 8 heteroatoms. The zero-order chi connectivity index (χ0) is 21.6. The minimum atomic E-state index is -3.35. The SMILES string of the molecule is CC1CCCC(S(=O)(=O)c2ccc(CN=C(NC#N)Nc3ccncc3)cc2)C1C. The van der Waals surface area contributed by atoms with Crippen molar-refractivity contribution in [3.8, 4) is 6.19 Å². The summed E-state index contributed by atoms with van der Waals surface area (Å²) in [7, 11) is -3.35. The minimum Gasteiger partial charge on any atom is -0.325 e. The number of pyridine rings is 1. The van der Waals surface area contributed by atoms with Crippen molar-refractivity contribution in [3.63, 3.8) is 0 Å². The minimum absolute atomic E-state index is 0.159. The van der Waals surface area contributed by atoms with Crippen LogP contribution in [0.4, 0.5) is 5.69 Å². The molecule has 1 aliphatic carbocycles. The smallest absolute Gasteiger partial charge is 0.209 e. The molecule has 0 bridgehead atoms. The Labute approximate surface area is 178 Å². The lowest BCUT2D eigenvalue weighted by Crippen LogP contribution is -2.35. The van der Waals surface area contributed by atoms with Gasteiger partial charge in [-0.2, -0.15) is 5.26 Å². The number of hydrogen-bond acceptors (Lipinski definition) is 5. The van der Waals surface area contributed by atoms with Crippen molar-refractivity contribution < 1.29 is 8.42 Å². The summed E-state index contributed by atoms with van der Waals surface area (Å²) in [5.41, 5.74) is 1.61. The lowest BCUT2D eigenvalue weighted by atomic mass is 9.81. The lowest BCUT2D eigenvalue weighted by molar-refractivity contribution is 0.278. The van der Waals surface area contributed by atoms with E-state index in [0.29, 0.717) is 23.3 Å². The number of nitriles is 1. The second-order valence-electron chi connectivity index (χ2n) is 7.76. The molecule has 1 aromatic carbocycles. The highest BCUT2D eigenvalue weighted by Gasteiger charge is 2.37. The van der Waals surface area contributed by atoms with Crippen LogP contribution in [0.1, 0.15) is 38.7 Å². The molecule has 1 saturated carbocycles. The molecular formula is C22H27N5O2S. The Bertz CT molecular complexity index is 1010. The van der Waals surface area contributed by atoms with Crippen molar-refractivity contribution in [2.75, 3.05) is 5.32 Å². The van der Waals surface area contributed by atoms with Gasteiger partial charge < -0.3 is 5.32 Å². The molecule has 1 fully saturated rings. The van der Waals surface area contributed by atoms with E-state index in [-0.39, 0.29) is 11.2 Å². The van der Waals surface area contributed by atoms with Gasteiger partial charge in [-0.3, -0.25) is 10.3 Å². The number of sulfone groups is 1. The van der Waals surface area contributed by atoms with Gasteiger partial charge in [0.15, 0.2) is 16.0 Å². The van der Waals surface area contributed by atoms with Gasteiger partial charge in [-0.25, -0.2) is 13.4 Å². The van der Waals surface area contributed by atoms with Crippen LogP contribution in [0.15, 0.2) is 58.7 Å². The Morgan fingerprint density at radius 2 is 1.87 bits per heavy atom. The van der Waals surface area contributed by atoms with E-state index in [9.17, 15) is 8.42 Å². The Kier molecular flexibility index (Phi) is 7.06. The number of anilines is 1. The highest BCUT2D eigenvalue weighted by Crippen LogP contribution is 2.36. The number of hydrogen-bond donors (Lipinski definition) is 2. The Hall–Kier alpha value is -2.92. The second kappa shape index (κ2) is 9.72. The quantitative estimate of drug-likeness (QED) is 0.327. The first-order valence-electron chi connectivity index (χ1n) is 10.1. The van der Waals surface area contributed by atoms with Crippen molar-refractivity contribution >= 4 is 21.5 Å². The summed E-state index contributed by atoms with van der Waals surface area (Å²) in [5, 5.41) is 14.2. The Morgan fingerprint density at radius 1 is 1.17 bits per heavy atom. The van der Waals surface area contributed by atoms with Crippen LogP contribution in [0.3, 0.4) is 0 Å². The first-order valence-corrected chi connectivity index (χ1v) is 11.7. The predicted octanol–water partition coefficient (Wildman–Crippen LogP) is 3.72. The van der Waals surface area contributed by atoms with E-state index in [1.54, 1.807) is 48.8 Å². The van der Waals surface area contributed by atoms with Crippen molar-refractivity contribution in [2.45, 2.75) is 49.8 Å². The third-order valence-corrected chi connectivity index (χ3v) is 8.21. The van der Waals surface area contributed by atoms with Crippen LogP contribution in [-0.2, 0) is 16.4 Å². The van der Waals surface area contributed by atoms with E-state index in [2.05, 4.69) is 34.5 Å². The highest BCUT2D eigenvalue weighted by atomic mass is 32.2. The standard InChI is InChI=1S/C22H27N5O2S/c1-16-4-3-5-21(17(16)2)30(28,29)20-8-6-18(7-9-20)14-25-22(26-15-23)27-19-10-12-24-13-11-19/h6-13,16-17,21H,3-5,14H2,1-2H3,(H2,24,25,26,27). The molecule has 0 aliphatic heterocycles. The van der Waals surface area contributed by atoms with Gasteiger partial charge in [0.05, 0.1) is 16.7 Å². The summed E-state index contributed by atoms with van der Waals surface area (Å²) in [6, 6.07) is 10.4. The molecule has 2 aromatic rings. The van der Waals surface area contributed by atoms with Crippen molar-refractivity contribution in [2.24, 2.45) is 16.8 Å². The molecule has 0 spiro atoms. The van der Waals surface area contributed by atoms with Gasteiger partial charge in [-0.05, 0) is 48.1 Å². The van der Waals surface area contributed by atoms with E-state index in [1.807, 2.05) is 6.19 Å². The van der Waals surface area contributed by atoms with E-state index in [1.165, 1.54) is 0 Å². The lowest BCUT2D eigenvalue weighted by Gasteiger charge is -2.33. The fourth-order valence-electron chi connectivity index (χ4n) is 3.84. The Balaban J connectivity index is 1.71. The van der Waals surface area contributed by atoms with Gasteiger partial charge in [0.1, 0.15) is 0 Å². The van der Waals surface area contributed by atoms with Crippen LogP contribution in [0.25, 0.3) is 0 Å². The van der Waals surface area contributed by atoms with Gasteiger partial charge >= 0.3 is 0 Å². The molecule has 3 atom stereocenters. The molecule has 30 heavy (non-hydrogen) atoms. The monoisotopic (exact) mass is 425 g/mol. The maximum atomic E-state index is 13.1. The molecule has 0 saturated heterocycles. The molecule has 2 N–H and O–H groups in total. The molecule has 1 heterocycles. The number of rotatable bonds is 5. The first-order chi connectivity index (χ1) is 14.4. The summed E-state index contributed by atoms with van der Waals surface area (Å²) in [4.78, 5) is 8.70. The number of guanidine groups is 1. The van der Waals surface area contributed by atoms with Gasteiger partial charge in [0.2, 0.25) is 5.96 Å². The largest absolute Gasteiger partial charge is 0.325 e. The summed E-state index contributed by atoms with van der Waals surface area (Å²) in [6.07, 6.45) is 7.92. The summed E-state index contributed by atoms with van der Waals surface area (Å²) in [5.74, 6) is 0.892. The van der Waals surface area contributed by atoms with E-state index >= 15 is 0 Å². The topological polar surface area (TPSA) is 107 Å². The molecule has 3 unspecified atom stereocenters. The first kappa shape index (κ1) is 21.8. The second-order valence-corrected chi connectivity index (χ2v) is 9.92. The fraction of sp³-hybridized carbons (Fsp3) is 0.409. The average molecular weight is 426 g/mol. The van der Waals surface area contributed by atoms with Gasteiger partial charge in [-0.1, -0.05) is 38.8 Å². The van der Waals surface area contributed by atoms with Crippen molar-refractivity contribution in [1.29, 1.82) is 5.26 Å². The van der Waals surface area contributed by atoms with Crippen LogP contribution in [0, 0.1) is 23.3 Å². The van der Waals surface area contributed by atoms with Crippen LogP contribution in [-0.4, -0.2) is 24.6 Å². The van der Waals surface area contributed by atoms with E-state index in [0.717, 1.165) is 30.5 Å². The van der Waals surface area contributed by atoms with Crippen LogP contribution < -0.4 is 10.6 Å². The maximum absolute atomic E-state index is 13.1. The molecule has 7 nitrogen and oxygen atoms in total. The number of nitrogens with one attached hydrogen (secondary N) is 2. The molecule has 0 radical (unpaired) electrons. The zero-order valence-corrected chi connectivity index (χ0v) is 18.1. The maximum Gasteiger partial charge on any atom is 0.209 e.